The zero-order valence-corrected chi connectivity index (χ0v) is 12.5. The van der Waals surface area contributed by atoms with Crippen LogP contribution in [0.4, 0.5) is 4.39 Å². The summed E-state index contributed by atoms with van der Waals surface area (Å²) >= 11 is 3.32. The summed E-state index contributed by atoms with van der Waals surface area (Å²) in [5.74, 6) is 0.0116. The standard InChI is InChI=1S/C14H18BrFN2O/c1-17-8-10-3-2-6-18(9-10)14(19)12-7-11(16)4-5-13(12)15/h4-5,7,10,17H,2-3,6,8-9H2,1H3. The van der Waals surface area contributed by atoms with Gasteiger partial charge in [0, 0.05) is 17.6 Å². The predicted molar refractivity (Wildman–Crippen MR) is 76.7 cm³/mol. The molecule has 1 aliphatic heterocycles. The lowest BCUT2D eigenvalue weighted by molar-refractivity contribution is 0.0673. The predicted octanol–water partition coefficient (Wildman–Crippen LogP) is 2.66. The van der Waals surface area contributed by atoms with Gasteiger partial charge in [0.2, 0.25) is 0 Å². The summed E-state index contributed by atoms with van der Waals surface area (Å²) in [6.45, 7) is 2.40. The Labute approximate surface area is 121 Å². The van der Waals surface area contributed by atoms with Crippen LogP contribution in [0, 0.1) is 11.7 Å². The molecular weight excluding hydrogens is 311 g/mol. The van der Waals surface area contributed by atoms with Gasteiger partial charge in [-0.2, -0.15) is 0 Å². The lowest BCUT2D eigenvalue weighted by Gasteiger charge is -2.33. The molecule has 1 aliphatic rings. The van der Waals surface area contributed by atoms with Gasteiger partial charge in [-0.25, -0.2) is 4.39 Å². The fraction of sp³-hybridized carbons (Fsp3) is 0.500. The number of carbonyl (C=O) groups excluding carboxylic acids is 1. The number of halogens is 2. The van der Waals surface area contributed by atoms with E-state index in [1.165, 1.54) is 12.1 Å². The molecule has 1 amide bonds. The Bertz CT molecular complexity index is 465. The molecule has 0 saturated carbocycles. The fourth-order valence-electron chi connectivity index (χ4n) is 2.54. The van der Waals surface area contributed by atoms with E-state index in [1.54, 1.807) is 6.07 Å². The Morgan fingerprint density at radius 3 is 3.11 bits per heavy atom. The highest BCUT2D eigenvalue weighted by Gasteiger charge is 2.25. The van der Waals surface area contributed by atoms with Crippen LogP contribution in [0.1, 0.15) is 23.2 Å². The number of hydrogen-bond donors (Lipinski definition) is 1. The van der Waals surface area contributed by atoms with Crippen LogP contribution in [0.25, 0.3) is 0 Å². The molecule has 1 saturated heterocycles. The van der Waals surface area contributed by atoms with Gasteiger partial charge in [-0.15, -0.1) is 0 Å². The molecule has 0 aliphatic carbocycles. The smallest absolute Gasteiger partial charge is 0.255 e. The van der Waals surface area contributed by atoms with E-state index in [-0.39, 0.29) is 11.7 Å². The second-order valence-corrected chi connectivity index (χ2v) is 5.80. The molecule has 5 heteroatoms. The first-order valence-corrected chi connectivity index (χ1v) is 7.30. The number of nitrogens with one attached hydrogen (secondary N) is 1. The van der Waals surface area contributed by atoms with Crippen molar-refractivity contribution in [3.63, 3.8) is 0 Å². The first kappa shape index (κ1) is 14.5. The number of benzene rings is 1. The Hall–Kier alpha value is -0.940. The van der Waals surface area contributed by atoms with Gasteiger partial charge in [-0.3, -0.25) is 4.79 Å². The minimum absolute atomic E-state index is 0.0906. The summed E-state index contributed by atoms with van der Waals surface area (Å²) in [5.41, 5.74) is 0.408. The summed E-state index contributed by atoms with van der Waals surface area (Å²) in [6.07, 6.45) is 2.14. The number of amides is 1. The molecule has 1 atom stereocenters. The van der Waals surface area contributed by atoms with E-state index in [0.29, 0.717) is 16.0 Å². The van der Waals surface area contributed by atoms with Gasteiger partial charge in [-0.05, 0) is 66.5 Å². The van der Waals surface area contributed by atoms with E-state index in [1.807, 2.05) is 11.9 Å². The van der Waals surface area contributed by atoms with E-state index in [4.69, 9.17) is 0 Å². The highest BCUT2D eigenvalue weighted by atomic mass is 79.9. The summed E-state index contributed by atoms with van der Waals surface area (Å²) in [6, 6.07) is 4.23. The number of rotatable bonds is 3. The van der Waals surface area contributed by atoms with Crippen molar-refractivity contribution in [1.82, 2.24) is 10.2 Å². The average molecular weight is 329 g/mol. The van der Waals surface area contributed by atoms with Gasteiger partial charge in [0.15, 0.2) is 0 Å². The third-order valence-corrected chi connectivity index (χ3v) is 4.15. The highest BCUT2D eigenvalue weighted by Crippen LogP contribution is 2.23. The molecule has 1 unspecified atom stereocenters. The Morgan fingerprint density at radius 2 is 2.37 bits per heavy atom. The maximum atomic E-state index is 13.3. The summed E-state index contributed by atoms with van der Waals surface area (Å²) in [7, 11) is 1.92. The van der Waals surface area contributed by atoms with Gasteiger partial charge >= 0.3 is 0 Å². The van der Waals surface area contributed by atoms with Crippen molar-refractivity contribution in [3.05, 3.63) is 34.1 Å². The molecule has 0 radical (unpaired) electrons. The van der Waals surface area contributed by atoms with Crippen LogP contribution in [0.15, 0.2) is 22.7 Å². The molecule has 104 valence electrons. The van der Waals surface area contributed by atoms with Crippen LogP contribution < -0.4 is 5.32 Å². The molecule has 19 heavy (non-hydrogen) atoms. The third kappa shape index (κ3) is 3.54. The number of likely N-dealkylation sites (tertiary alicyclic amines) is 1. The maximum absolute atomic E-state index is 13.3. The molecule has 2 rings (SSSR count). The Balaban J connectivity index is 2.12. The van der Waals surface area contributed by atoms with Crippen molar-refractivity contribution in [2.24, 2.45) is 5.92 Å². The largest absolute Gasteiger partial charge is 0.338 e. The zero-order chi connectivity index (χ0) is 13.8. The monoisotopic (exact) mass is 328 g/mol. The first-order chi connectivity index (χ1) is 9.11. The summed E-state index contributed by atoms with van der Waals surface area (Å²) in [5, 5.41) is 3.15. The Kier molecular flexibility index (Phi) is 4.93. The highest BCUT2D eigenvalue weighted by molar-refractivity contribution is 9.10. The van der Waals surface area contributed by atoms with Crippen LogP contribution in [0.2, 0.25) is 0 Å². The third-order valence-electron chi connectivity index (χ3n) is 3.46. The van der Waals surface area contributed by atoms with Gasteiger partial charge in [0.25, 0.3) is 5.91 Å². The molecule has 0 bridgehead atoms. The van der Waals surface area contributed by atoms with Crippen molar-refractivity contribution in [2.45, 2.75) is 12.8 Å². The molecule has 0 spiro atoms. The Morgan fingerprint density at radius 1 is 1.58 bits per heavy atom. The van der Waals surface area contributed by atoms with Crippen LogP contribution in [0.3, 0.4) is 0 Å². The van der Waals surface area contributed by atoms with Gasteiger partial charge in [-0.1, -0.05) is 0 Å². The van der Waals surface area contributed by atoms with E-state index in [2.05, 4.69) is 21.2 Å². The molecule has 1 aromatic carbocycles. The molecule has 3 nitrogen and oxygen atoms in total. The van der Waals surface area contributed by atoms with Crippen molar-refractivity contribution in [1.29, 1.82) is 0 Å². The average Bonchev–Trinajstić information content (AvgIpc) is 2.41. The first-order valence-electron chi connectivity index (χ1n) is 6.50. The molecule has 0 aromatic heterocycles. The van der Waals surface area contributed by atoms with Crippen molar-refractivity contribution < 1.29 is 9.18 Å². The van der Waals surface area contributed by atoms with E-state index < -0.39 is 0 Å². The van der Waals surface area contributed by atoms with Crippen LogP contribution in [0.5, 0.6) is 0 Å². The summed E-state index contributed by atoms with van der Waals surface area (Å²) < 4.78 is 13.9. The van der Waals surface area contributed by atoms with Gasteiger partial charge in [0.05, 0.1) is 5.56 Å². The van der Waals surface area contributed by atoms with E-state index in [9.17, 15) is 9.18 Å². The second-order valence-electron chi connectivity index (χ2n) is 4.94. The SMILES string of the molecule is CNCC1CCCN(C(=O)c2cc(F)ccc2Br)C1. The molecular formula is C14H18BrFN2O. The van der Waals surface area contributed by atoms with Crippen molar-refractivity contribution in [2.75, 3.05) is 26.7 Å². The minimum atomic E-state index is -0.379. The maximum Gasteiger partial charge on any atom is 0.255 e. The van der Waals surface area contributed by atoms with Gasteiger partial charge < -0.3 is 10.2 Å². The van der Waals surface area contributed by atoms with E-state index >= 15 is 0 Å². The number of nitrogens with zero attached hydrogens (tertiary/aromatic N) is 1. The summed E-state index contributed by atoms with van der Waals surface area (Å²) in [4.78, 5) is 14.3. The lowest BCUT2D eigenvalue weighted by atomic mass is 9.97. The lowest BCUT2D eigenvalue weighted by Crippen LogP contribution is -2.42. The fourth-order valence-corrected chi connectivity index (χ4v) is 2.95. The number of hydrogen-bond acceptors (Lipinski definition) is 2. The second kappa shape index (κ2) is 6.48. The molecule has 1 heterocycles. The normalized spacial score (nSPS) is 19.5. The van der Waals surface area contributed by atoms with Crippen LogP contribution in [-0.2, 0) is 0 Å². The van der Waals surface area contributed by atoms with Crippen LogP contribution in [-0.4, -0.2) is 37.5 Å². The van der Waals surface area contributed by atoms with Crippen molar-refractivity contribution in [3.8, 4) is 0 Å². The molecule has 1 N–H and O–H groups in total. The van der Waals surface area contributed by atoms with Crippen LogP contribution >= 0.6 is 15.9 Å². The van der Waals surface area contributed by atoms with E-state index in [0.717, 1.165) is 32.5 Å². The molecule has 1 fully saturated rings. The van der Waals surface area contributed by atoms with Gasteiger partial charge in [0.1, 0.15) is 5.82 Å². The molecule has 1 aromatic rings. The zero-order valence-electron chi connectivity index (χ0n) is 11.0. The van der Waals surface area contributed by atoms with Crippen molar-refractivity contribution >= 4 is 21.8 Å². The number of piperidine rings is 1. The quantitative estimate of drug-likeness (QED) is 0.925. The topological polar surface area (TPSA) is 32.3 Å². The number of carbonyl (C=O) groups is 1. The minimum Gasteiger partial charge on any atom is -0.338 e.